The standard InChI is InChI=1S/C27H17.C25H24P2.C21H13.2Au/c1-2-20-17-18-24-23-15-9-10-16-25(23)27(26(24)19-20,21-11-5-3-6-12-21)22-13-7-4-8-14-22;1-2-3-4-14-21-26(23-15-8-5-9-16-23)22-27(24-17-10-6-11-18-24)25-19-12-7-13-20-25;1-2-15-12-13-19-20(14-15)17-10-6-7-11-18(17)21(19)16-8-4-3-5-9-16;;/h3-19H;2-21H,1,22H2;3-14,21H;;/q-1;;-1;2*+1/p+2/b;4-3-,21-14+;;;. The van der Waals surface area contributed by atoms with Crippen molar-refractivity contribution in [1.82, 2.24) is 0 Å². The summed E-state index contributed by atoms with van der Waals surface area (Å²) in [6, 6.07) is 94.7. The molecule has 0 radical (unpaired) electrons. The van der Waals surface area contributed by atoms with Gasteiger partial charge in [0, 0.05) is 5.92 Å². The Bertz CT molecular complexity index is 3590. The van der Waals surface area contributed by atoms with Gasteiger partial charge in [-0.3, -0.25) is 11.8 Å². The Hall–Kier alpha value is -7.12. The Morgan fingerprint density at radius 1 is 0.416 bits per heavy atom. The van der Waals surface area contributed by atoms with Crippen LogP contribution in [0.4, 0.5) is 0 Å². The van der Waals surface area contributed by atoms with E-state index in [0.717, 1.165) is 11.1 Å². The van der Waals surface area contributed by atoms with Gasteiger partial charge in [-0.1, -0.05) is 231 Å². The first-order chi connectivity index (χ1) is 37.1. The summed E-state index contributed by atoms with van der Waals surface area (Å²) in [5.74, 6) is 9.01. The quantitative estimate of drug-likeness (QED) is 0.0398. The normalized spacial score (nSPS) is 13.3. The van der Waals surface area contributed by atoms with Gasteiger partial charge in [-0.25, -0.2) is 0 Å². The Kier molecular flexibility index (Phi) is 19.9. The summed E-state index contributed by atoms with van der Waals surface area (Å²) >= 11 is 0. The van der Waals surface area contributed by atoms with Gasteiger partial charge in [-0.2, -0.15) is 0 Å². The molecule has 0 aromatic heterocycles. The van der Waals surface area contributed by atoms with Gasteiger partial charge in [0.15, 0.2) is 5.90 Å². The zero-order chi connectivity index (χ0) is 51.2. The van der Waals surface area contributed by atoms with E-state index in [0.29, 0.717) is 0 Å². The predicted octanol–water partition coefficient (Wildman–Crippen LogP) is 16.4. The minimum Gasteiger partial charge on any atom is -0.366 e. The third-order valence-corrected chi connectivity index (χ3v) is 20.9. The summed E-state index contributed by atoms with van der Waals surface area (Å²) in [5, 5.41) is 4.45. The molecule has 12 rings (SSSR count). The number of allylic oxidation sites excluding steroid dienone is 4. The molecule has 2 atom stereocenters. The maximum Gasteiger partial charge on any atom is 1.00 e. The van der Waals surface area contributed by atoms with Crippen LogP contribution in [0.5, 0.6) is 0 Å². The van der Waals surface area contributed by atoms with Crippen molar-refractivity contribution in [2.45, 2.75) is 11.3 Å². The number of fused-ring (bicyclic) bond motifs is 6. The summed E-state index contributed by atoms with van der Waals surface area (Å²) in [4.78, 5) is 0. The van der Waals surface area contributed by atoms with Crippen LogP contribution in [-0.2, 0) is 50.2 Å². The van der Waals surface area contributed by atoms with Crippen LogP contribution in [-0.4, -0.2) is 5.90 Å². The molecule has 0 amide bonds. The van der Waals surface area contributed by atoms with Gasteiger partial charge in [-0.15, -0.1) is 35.4 Å². The van der Waals surface area contributed by atoms with E-state index in [-0.39, 0.29) is 56.1 Å². The molecule has 0 aliphatic heterocycles. The van der Waals surface area contributed by atoms with Gasteiger partial charge in [0.2, 0.25) is 0 Å². The fraction of sp³-hybridized carbons (Fsp3) is 0.0411. The molecular weight excluding hydrogens is 1330 g/mol. The first kappa shape index (κ1) is 56.1. The second kappa shape index (κ2) is 27.3. The van der Waals surface area contributed by atoms with Crippen LogP contribution in [0.3, 0.4) is 0 Å². The van der Waals surface area contributed by atoms with Crippen molar-refractivity contribution in [3.8, 4) is 34.1 Å². The Balaban J connectivity index is 0.000000152. The first-order valence-electron chi connectivity index (χ1n) is 25.4. The number of hydrogen-bond acceptors (Lipinski definition) is 0. The number of benzene rings is 10. The Morgan fingerprint density at radius 2 is 0.870 bits per heavy atom. The molecular formula is C73H56Au2P2+2. The molecule has 0 bridgehead atoms. The molecule has 10 aromatic carbocycles. The zero-order valence-electron chi connectivity index (χ0n) is 42.4. The van der Waals surface area contributed by atoms with Gasteiger partial charge in [0.1, 0.15) is 18.5 Å². The average molecular weight is 1390 g/mol. The van der Waals surface area contributed by atoms with Crippen LogP contribution < -0.4 is 15.9 Å². The average Bonchev–Trinajstić information content (AvgIpc) is 3.98. The molecule has 0 fully saturated rings. The zero-order valence-corrected chi connectivity index (χ0v) is 48.7. The van der Waals surface area contributed by atoms with E-state index in [9.17, 15) is 0 Å². The molecule has 77 heavy (non-hydrogen) atoms. The summed E-state index contributed by atoms with van der Waals surface area (Å²) in [6.45, 7) is 3.76. The van der Waals surface area contributed by atoms with Gasteiger partial charge < -0.3 is 12.8 Å². The van der Waals surface area contributed by atoms with Crippen molar-refractivity contribution in [2.24, 2.45) is 0 Å². The fourth-order valence-corrected chi connectivity index (χ4v) is 18.0. The van der Waals surface area contributed by atoms with E-state index >= 15 is 0 Å². The molecule has 2 unspecified atom stereocenters. The number of rotatable bonds is 11. The van der Waals surface area contributed by atoms with Crippen molar-refractivity contribution < 1.29 is 44.8 Å². The van der Waals surface area contributed by atoms with Crippen molar-refractivity contribution in [3.63, 3.8) is 0 Å². The van der Waals surface area contributed by atoms with Crippen LogP contribution in [0, 0.1) is 24.7 Å². The van der Waals surface area contributed by atoms with Crippen LogP contribution in [0.15, 0.2) is 304 Å². The van der Waals surface area contributed by atoms with Crippen LogP contribution in [0.25, 0.3) is 22.3 Å². The van der Waals surface area contributed by atoms with Crippen LogP contribution in [0.1, 0.15) is 56.0 Å². The van der Waals surface area contributed by atoms with E-state index in [1.165, 1.54) is 83.0 Å². The molecule has 10 aromatic rings. The summed E-state index contributed by atoms with van der Waals surface area (Å²) in [6.07, 6.45) is 23.1. The first-order valence-corrected chi connectivity index (χ1v) is 28.9. The van der Waals surface area contributed by atoms with Crippen molar-refractivity contribution in [2.75, 3.05) is 5.90 Å². The van der Waals surface area contributed by atoms with E-state index < -0.39 is 15.8 Å². The summed E-state index contributed by atoms with van der Waals surface area (Å²) < 4.78 is 0. The molecule has 0 N–H and O–H groups in total. The maximum absolute atomic E-state index is 7.66. The second-order valence-corrected chi connectivity index (χ2v) is 24.0. The summed E-state index contributed by atoms with van der Waals surface area (Å²) in [7, 11) is -1.65. The van der Waals surface area contributed by atoms with Gasteiger partial charge in [0.25, 0.3) is 0 Å². The third kappa shape index (κ3) is 12.2. The molecule has 2 aliphatic carbocycles. The van der Waals surface area contributed by atoms with Crippen molar-refractivity contribution in [3.05, 3.63) is 367 Å². The number of hydrogen-bond donors (Lipinski definition) is 0. The predicted molar refractivity (Wildman–Crippen MR) is 324 cm³/mol. The molecule has 0 nitrogen and oxygen atoms in total. The molecule has 0 heterocycles. The van der Waals surface area contributed by atoms with E-state index in [4.69, 9.17) is 12.8 Å². The Morgan fingerprint density at radius 3 is 1.44 bits per heavy atom. The Labute approximate surface area is 490 Å². The maximum atomic E-state index is 7.66. The summed E-state index contributed by atoms with van der Waals surface area (Å²) in [5.41, 5.74) is 15.2. The molecule has 378 valence electrons. The van der Waals surface area contributed by atoms with E-state index in [1.54, 1.807) is 0 Å². The smallest absolute Gasteiger partial charge is 0.366 e. The minimum atomic E-state index is -0.838. The fourth-order valence-electron chi connectivity index (χ4n) is 10.9. The molecule has 4 heteroatoms. The van der Waals surface area contributed by atoms with Gasteiger partial charge in [0.05, 0.1) is 24.5 Å². The van der Waals surface area contributed by atoms with Crippen molar-refractivity contribution >= 4 is 31.8 Å². The largest absolute Gasteiger partial charge is 1.00 e. The third-order valence-electron chi connectivity index (χ3n) is 14.2. The molecule has 0 saturated carbocycles. The second-order valence-electron chi connectivity index (χ2n) is 18.5. The molecule has 2 aliphatic rings. The molecule has 0 saturated heterocycles. The molecule has 0 spiro atoms. The van der Waals surface area contributed by atoms with E-state index in [1.807, 2.05) is 24.3 Å². The van der Waals surface area contributed by atoms with E-state index in [2.05, 4.69) is 291 Å². The van der Waals surface area contributed by atoms with Crippen LogP contribution in [0.2, 0.25) is 0 Å². The van der Waals surface area contributed by atoms with Gasteiger partial charge >= 0.3 is 44.8 Å². The van der Waals surface area contributed by atoms with Crippen LogP contribution >= 0.6 is 15.8 Å². The monoisotopic (exact) mass is 1390 g/mol. The van der Waals surface area contributed by atoms with Crippen molar-refractivity contribution in [1.29, 1.82) is 0 Å². The topological polar surface area (TPSA) is 0 Å². The minimum absolute atomic E-state index is 0. The SMILES string of the molecule is C=C/C=C\C=C\[PH+](C[PH+](c1ccccc1)c1ccccc1)c1ccccc1.[Au+].[Au+].[C-]#Cc1ccc2c(c1)-c1ccccc1C2c1ccccc1.[C-]#Cc1ccc2c(c1)C(c1ccccc1)(c1ccccc1)c1ccccc1-2. The van der Waals surface area contributed by atoms with Gasteiger partial charge in [-0.05, 0) is 104 Å².